The highest BCUT2D eigenvalue weighted by Gasteiger charge is 2.52. The van der Waals surface area contributed by atoms with Gasteiger partial charge in [0.2, 0.25) is 0 Å². The summed E-state index contributed by atoms with van der Waals surface area (Å²) in [6.45, 7) is 3.60. The summed E-state index contributed by atoms with van der Waals surface area (Å²) >= 11 is 3.53. The second-order valence-electron chi connectivity index (χ2n) is 8.45. The summed E-state index contributed by atoms with van der Waals surface area (Å²) in [5.74, 6) is -1.70. The second kappa shape index (κ2) is 12.7. The summed E-state index contributed by atoms with van der Waals surface area (Å²) in [4.78, 5) is 37.0. The van der Waals surface area contributed by atoms with Crippen molar-refractivity contribution >= 4 is 52.3 Å². The van der Waals surface area contributed by atoms with Gasteiger partial charge in [0, 0.05) is 31.2 Å². The van der Waals surface area contributed by atoms with Crippen molar-refractivity contribution in [2.75, 3.05) is 6.61 Å². The number of esters is 3. The molecule has 0 bridgehead atoms. The predicted octanol–water partition coefficient (Wildman–Crippen LogP) is 4.03. The second-order valence-corrected chi connectivity index (χ2v) is 10.6. The quantitative estimate of drug-likeness (QED) is 0.201. The van der Waals surface area contributed by atoms with Gasteiger partial charge in [-0.1, -0.05) is 65.5 Å². The highest BCUT2D eigenvalue weighted by molar-refractivity contribution is 14.1. The molecule has 0 spiro atoms. The number of aromatic nitrogens is 3. The van der Waals surface area contributed by atoms with Crippen molar-refractivity contribution in [2.45, 2.75) is 55.5 Å². The van der Waals surface area contributed by atoms with Gasteiger partial charge >= 0.3 is 17.9 Å². The molecule has 3 aromatic rings. The van der Waals surface area contributed by atoms with Gasteiger partial charge in [0.25, 0.3) is 0 Å². The zero-order chi connectivity index (χ0) is 27.2. The number of carbonyl (C=O) groups excluding carboxylic acids is 3. The first-order valence-electron chi connectivity index (χ1n) is 11.8. The Bertz CT molecular complexity index is 1270. The first-order chi connectivity index (χ1) is 18.2. The van der Waals surface area contributed by atoms with E-state index in [0.29, 0.717) is 9.39 Å². The van der Waals surface area contributed by atoms with E-state index < -0.39 is 47.7 Å². The number of benzene rings is 2. The first kappa shape index (κ1) is 28.0. The molecule has 0 amide bonds. The zero-order valence-electron chi connectivity index (χ0n) is 20.9. The van der Waals surface area contributed by atoms with Crippen molar-refractivity contribution in [1.29, 1.82) is 0 Å². The third kappa shape index (κ3) is 6.72. The van der Waals surface area contributed by atoms with E-state index in [0.717, 1.165) is 10.5 Å². The molecule has 38 heavy (non-hydrogen) atoms. The van der Waals surface area contributed by atoms with Crippen molar-refractivity contribution in [3.63, 3.8) is 0 Å². The molecule has 1 aliphatic rings. The fourth-order valence-corrected chi connectivity index (χ4v) is 6.15. The Balaban J connectivity index is 1.82. The number of carbonyl (C=O) groups is 3. The largest absolute Gasteiger partial charge is 0.463 e. The van der Waals surface area contributed by atoms with Crippen LogP contribution in [0.2, 0.25) is 0 Å². The molecule has 0 saturated carbocycles. The van der Waals surface area contributed by atoms with Crippen molar-refractivity contribution in [3.8, 4) is 11.3 Å². The molecule has 4 rings (SSSR count). The van der Waals surface area contributed by atoms with E-state index >= 15 is 0 Å². The molecule has 1 saturated heterocycles. The summed E-state index contributed by atoms with van der Waals surface area (Å²) in [5, 5.41) is 8.83. The molecule has 2 heterocycles. The summed E-state index contributed by atoms with van der Waals surface area (Å²) in [6.07, 6.45) is -3.00. The van der Waals surface area contributed by atoms with Crippen LogP contribution >= 0.6 is 34.4 Å². The number of ether oxygens (including phenoxy) is 4. The van der Waals surface area contributed by atoms with Gasteiger partial charge in [0.05, 0.1) is 0 Å². The third-order valence-electron chi connectivity index (χ3n) is 5.63. The Morgan fingerprint density at radius 1 is 0.921 bits per heavy atom. The molecular weight excluding hydrogens is 625 g/mol. The fraction of sp³-hybridized carbons (Fsp3) is 0.346. The predicted molar refractivity (Wildman–Crippen MR) is 146 cm³/mol. The van der Waals surface area contributed by atoms with Gasteiger partial charge in [0.1, 0.15) is 33.6 Å². The summed E-state index contributed by atoms with van der Waals surface area (Å²) in [5.41, 5.74) is 0.815. The van der Waals surface area contributed by atoms with Gasteiger partial charge in [-0.2, -0.15) is 0 Å². The molecule has 2 aromatic carbocycles. The van der Waals surface area contributed by atoms with Crippen molar-refractivity contribution in [1.82, 2.24) is 15.0 Å². The highest BCUT2D eigenvalue weighted by atomic mass is 127. The van der Waals surface area contributed by atoms with Gasteiger partial charge in [-0.05, 0) is 34.7 Å². The standard InChI is InChI=1S/C26H26IN3O7S/c1-15(31)34-14-20-23(35-16(2)32)24(36-17(3)33)22(26(37-20)38-19-12-8-5-9-13-19)30-25(27)21(28-29-30)18-10-6-4-7-11-18/h4-13,20,22-24,26H,14H2,1-3H3/t20-,22-,23-,24-,26?/m1/s1. The van der Waals surface area contributed by atoms with Crippen LogP contribution < -0.4 is 0 Å². The van der Waals surface area contributed by atoms with Crippen LogP contribution in [0.25, 0.3) is 11.3 Å². The maximum Gasteiger partial charge on any atom is 0.303 e. The van der Waals surface area contributed by atoms with E-state index in [2.05, 4.69) is 32.9 Å². The van der Waals surface area contributed by atoms with Crippen LogP contribution in [0.4, 0.5) is 0 Å². The summed E-state index contributed by atoms with van der Waals surface area (Å²) in [6, 6.07) is 18.3. The summed E-state index contributed by atoms with van der Waals surface area (Å²) < 4.78 is 25.4. The summed E-state index contributed by atoms with van der Waals surface area (Å²) in [7, 11) is 0. The Morgan fingerprint density at radius 3 is 2.13 bits per heavy atom. The van der Waals surface area contributed by atoms with E-state index in [-0.39, 0.29) is 6.61 Å². The lowest BCUT2D eigenvalue weighted by molar-refractivity contribution is -0.217. The van der Waals surface area contributed by atoms with Crippen LogP contribution in [0.5, 0.6) is 0 Å². The Kier molecular flexibility index (Phi) is 9.39. The van der Waals surface area contributed by atoms with Crippen molar-refractivity contribution < 1.29 is 33.3 Å². The topological polar surface area (TPSA) is 119 Å². The number of thioether (sulfide) groups is 1. The Hall–Kier alpha value is -2.97. The van der Waals surface area contributed by atoms with Crippen LogP contribution in [-0.4, -0.2) is 63.3 Å². The Labute approximate surface area is 237 Å². The number of nitrogens with zero attached hydrogens (tertiary/aromatic N) is 3. The normalized spacial score (nSPS) is 22.9. The van der Waals surface area contributed by atoms with E-state index in [4.69, 9.17) is 18.9 Å². The number of hydrogen-bond donors (Lipinski definition) is 0. The molecule has 12 heteroatoms. The van der Waals surface area contributed by atoms with Crippen LogP contribution in [0.1, 0.15) is 26.8 Å². The van der Waals surface area contributed by atoms with E-state index in [1.165, 1.54) is 32.5 Å². The minimum Gasteiger partial charge on any atom is -0.463 e. The van der Waals surface area contributed by atoms with Crippen molar-refractivity contribution in [2.24, 2.45) is 0 Å². The van der Waals surface area contributed by atoms with Crippen LogP contribution in [0, 0.1) is 3.70 Å². The number of rotatable bonds is 8. The zero-order valence-corrected chi connectivity index (χ0v) is 23.8. The van der Waals surface area contributed by atoms with E-state index in [1.807, 2.05) is 60.7 Å². The van der Waals surface area contributed by atoms with Crippen LogP contribution in [-0.2, 0) is 33.3 Å². The third-order valence-corrected chi connectivity index (χ3v) is 7.80. The van der Waals surface area contributed by atoms with Gasteiger partial charge in [-0.25, -0.2) is 4.68 Å². The lowest BCUT2D eigenvalue weighted by Crippen LogP contribution is -2.58. The average molecular weight is 651 g/mol. The molecule has 0 aliphatic carbocycles. The molecular formula is C26H26IN3O7S. The fourth-order valence-electron chi connectivity index (χ4n) is 4.12. The van der Waals surface area contributed by atoms with Crippen LogP contribution in [0.15, 0.2) is 65.6 Å². The number of hydrogen-bond acceptors (Lipinski definition) is 10. The molecule has 0 N–H and O–H groups in total. The minimum absolute atomic E-state index is 0.201. The molecule has 0 radical (unpaired) electrons. The minimum atomic E-state index is -1.08. The lowest BCUT2D eigenvalue weighted by Gasteiger charge is -2.44. The lowest BCUT2D eigenvalue weighted by atomic mass is 9.97. The molecule has 1 fully saturated rings. The van der Waals surface area contributed by atoms with Crippen LogP contribution in [0.3, 0.4) is 0 Å². The molecule has 5 atom stereocenters. The SMILES string of the molecule is CC(=O)OC[C@H]1OC(Sc2ccccc2)[C@H](n2nnc(-c3ccccc3)c2I)[C@@H](OC(C)=O)[C@@H]1OC(C)=O. The van der Waals surface area contributed by atoms with Gasteiger partial charge in [-0.15, -0.1) is 5.10 Å². The molecule has 10 nitrogen and oxygen atoms in total. The highest BCUT2D eigenvalue weighted by Crippen LogP contribution is 2.43. The first-order valence-corrected chi connectivity index (χ1v) is 13.7. The maximum atomic E-state index is 12.3. The monoisotopic (exact) mass is 651 g/mol. The Morgan fingerprint density at radius 2 is 1.53 bits per heavy atom. The molecule has 1 unspecified atom stereocenters. The maximum absolute atomic E-state index is 12.3. The molecule has 200 valence electrons. The average Bonchev–Trinajstić information content (AvgIpc) is 3.25. The van der Waals surface area contributed by atoms with Gasteiger partial charge in [-0.3, -0.25) is 14.4 Å². The van der Waals surface area contributed by atoms with Crippen molar-refractivity contribution in [3.05, 3.63) is 64.4 Å². The van der Waals surface area contributed by atoms with E-state index in [1.54, 1.807) is 4.68 Å². The van der Waals surface area contributed by atoms with Gasteiger partial charge < -0.3 is 18.9 Å². The molecule has 1 aliphatic heterocycles. The molecule has 1 aromatic heterocycles. The van der Waals surface area contributed by atoms with E-state index in [9.17, 15) is 14.4 Å². The number of halogens is 1. The van der Waals surface area contributed by atoms with Gasteiger partial charge in [0.15, 0.2) is 12.2 Å². The smallest absolute Gasteiger partial charge is 0.303 e.